The summed E-state index contributed by atoms with van der Waals surface area (Å²) in [7, 11) is 0. The Bertz CT molecular complexity index is 817. The van der Waals surface area contributed by atoms with Crippen LogP contribution >= 0.6 is 0 Å². The Labute approximate surface area is 135 Å². The molecular formula is C19H17N3O. The number of nitrogens with one attached hydrogen (secondary N) is 1. The highest BCUT2D eigenvalue weighted by Crippen LogP contribution is 2.16. The van der Waals surface area contributed by atoms with E-state index >= 15 is 0 Å². The van der Waals surface area contributed by atoms with Crippen molar-refractivity contribution in [2.75, 3.05) is 5.32 Å². The molecule has 0 atom stereocenters. The lowest BCUT2D eigenvalue weighted by molar-refractivity contribution is -0.114. The summed E-state index contributed by atoms with van der Waals surface area (Å²) in [6.07, 6.45) is 5.87. The van der Waals surface area contributed by atoms with Gasteiger partial charge in [-0.1, -0.05) is 18.2 Å². The Morgan fingerprint density at radius 3 is 2.48 bits per heavy atom. The van der Waals surface area contributed by atoms with E-state index in [1.807, 2.05) is 67.1 Å². The van der Waals surface area contributed by atoms with Crippen molar-refractivity contribution >= 4 is 23.5 Å². The van der Waals surface area contributed by atoms with Crippen LogP contribution in [0, 0.1) is 0 Å². The predicted octanol–water partition coefficient (Wildman–Crippen LogP) is 4.19. The van der Waals surface area contributed by atoms with E-state index in [1.54, 1.807) is 0 Å². The maximum atomic E-state index is 11.0. The van der Waals surface area contributed by atoms with Crippen LogP contribution in [0.1, 0.15) is 12.5 Å². The Kier molecular flexibility index (Phi) is 4.34. The normalized spacial score (nSPS) is 10.8. The summed E-state index contributed by atoms with van der Waals surface area (Å²) in [5.41, 5.74) is 3.75. The summed E-state index contributed by atoms with van der Waals surface area (Å²) in [5, 5.41) is 2.73. The number of aliphatic imine (C=N–C) groups is 1. The van der Waals surface area contributed by atoms with E-state index in [1.165, 1.54) is 6.92 Å². The van der Waals surface area contributed by atoms with Gasteiger partial charge in [0.05, 0.1) is 5.69 Å². The number of carbonyl (C=O) groups is 1. The smallest absolute Gasteiger partial charge is 0.221 e. The van der Waals surface area contributed by atoms with Crippen molar-refractivity contribution in [3.63, 3.8) is 0 Å². The maximum absolute atomic E-state index is 11.0. The Morgan fingerprint density at radius 1 is 1.04 bits per heavy atom. The van der Waals surface area contributed by atoms with Crippen molar-refractivity contribution in [1.82, 2.24) is 4.57 Å². The van der Waals surface area contributed by atoms with Crippen LogP contribution in [0.3, 0.4) is 0 Å². The number of anilines is 1. The minimum absolute atomic E-state index is 0.0801. The van der Waals surface area contributed by atoms with Crippen molar-refractivity contribution < 1.29 is 4.79 Å². The van der Waals surface area contributed by atoms with Gasteiger partial charge in [-0.05, 0) is 42.5 Å². The summed E-state index contributed by atoms with van der Waals surface area (Å²) in [5.74, 6) is -0.0801. The molecule has 0 unspecified atom stereocenters. The molecule has 0 fully saturated rings. The van der Waals surface area contributed by atoms with Gasteiger partial charge in [-0.25, -0.2) is 0 Å². The number of aromatic nitrogens is 1. The highest BCUT2D eigenvalue weighted by molar-refractivity contribution is 5.89. The van der Waals surface area contributed by atoms with Gasteiger partial charge in [-0.2, -0.15) is 0 Å². The van der Waals surface area contributed by atoms with E-state index in [9.17, 15) is 4.79 Å². The van der Waals surface area contributed by atoms with Crippen LogP contribution in [0.15, 0.2) is 78.0 Å². The number of carbonyl (C=O) groups excluding carboxylic acids is 1. The quantitative estimate of drug-likeness (QED) is 0.722. The molecule has 4 nitrogen and oxygen atoms in total. The third kappa shape index (κ3) is 3.95. The summed E-state index contributed by atoms with van der Waals surface area (Å²) >= 11 is 0. The number of benzene rings is 2. The molecule has 2 aromatic carbocycles. The van der Waals surface area contributed by atoms with Gasteiger partial charge < -0.3 is 9.88 Å². The molecule has 0 saturated heterocycles. The molecule has 0 aliphatic rings. The molecule has 0 aliphatic heterocycles. The van der Waals surface area contributed by atoms with Crippen molar-refractivity contribution in [3.8, 4) is 5.69 Å². The summed E-state index contributed by atoms with van der Waals surface area (Å²) in [6, 6.07) is 19.6. The van der Waals surface area contributed by atoms with Crippen molar-refractivity contribution in [1.29, 1.82) is 0 Å². The Hall–Kier alpha value is -3.14. The largest absolute Gasteiger partial charge is 0.326 e. The molecular weight excluding hydrogens is 286 g/mol. The zero-order valence-electron chi connectivity index (χ0n) is 12.8. The second kappa shape index (κ2) is 6.75. The molecule has 1 aromatic heterocycles. The van der Waals surface area contributed by atoms with Crippen LogP contribution in [-0.4, -0.2) is 16.7 Å². The lowest BCUT2D eigenvalue weighted by atomic mass is 10.3. The van der Waals surface area contributed by atoms with Crippen LogP contribution in [0.5, 0.6) is 0 Å². The summed E-state index contributed by atoms with van der Waals surface area (Å²) in [6.45, 7) is 1.49. The first kappa shape index (κ1) is 14.8. The second-order valence-corrected chi connectivity index (χ2v) is 5.17. The zero-order valence-corrected chi connectivity index (χ0v) is 12.8. The van der Waals surface area contributed by atoms with E-state index in [0.717, 1.165) is 22.6 Å². The highest BCUT2D eigenvalue weighted by atomic mass is 16.1. The topological polar surface area (TPSA) is 46.4 Å². The third-order valence-electron chi connectivity index (χ3n) is 3.32. The van der Waals surface area contributed by atoms with E-state index < -0.39 is 0 Å². The van der Waals surface area contributed by atoms with Gasteiger partial charge >= 0.3 is 0 Å². The van der Waals surface area contributed by atoms with E-state index in [2.05, 4.69) is 27.0 Å². The molecule has 1 N–H and O–H groups in total. The van der Waals surface area contributed by atoms with Gasteiger partial charge in [0.25, 0.3) is 0 Å². The molecule has 23 heavy (non-hydrogen) atoms. The first-order chi connectivity index (χ1) is 11.2. The van der Waals surface area contributed by atoms with E-state index in [-0.39, 0.29) is 5.91 Å². The SMILES string of the molecule is CC(=O)Nc1ccc(N=Cc2ccn(-c3ccccc3)c2)cc1. The maximum Gasteiger partial charge on any atom is 0.221 e. The van der Waals surface area contributed by atoms with Crippen LogP contribution in [0.25, 0.3) is 5.69 Å². The summed E-state index contributed by atoms with van der Waals surface area (Å²) < 4.78 is 2.06. The predicted molar refractivity (Wildman–Crippen MR) is 93.8 cm³/mol. The molecule has 1 amide bonds. The lowest BCUT2D eigenvalue weighted by Gasteiger charge is -2.01. The van der Waals surface area contributed by atoms with Gasteiger partial charge in [0.2, 0.25) is 5.91 Å². The monoisotopic (exact) mass is 303 g/mol. The lowest BCUT2D eigenvalue weighted by Crippen LogP contribution is -2.04. The number of nitrogens with zero attached hydrogens (tertiary/aromatic N) is 2. The fourth-order valence-corrected chi connectivity index (χ4v) is 2.23. The molecule has 0 bridgehead atoms. The van der Waals surface area contributed by atoms with Gasteiger partial charge in [-0.3, -0.25) is 9.79 Å². The van der Waals surface area contributed by atoms with E-state index in [4.69, 9.17) is 0 Å². The van der Waals surface area contributed by atoms with Gasteiger partial charge in [-0.15, -0.1) is 0 Å². The number of hydrogen-bond acceptors (Lipinski definition) is 2. The first-order valence-electron chi connectivity index (χ1n) is 7.36. The number of para-hydroxylation sites is 1. The standard InChI is InChI=1S/C19H17N3O/c1-15(23)21-18-9-7-17(8-10-18)20-13-16-11-12-22(14-16)19-5-3-2-4-6-19/h2-14H,1H3,(H,21,23). The zero-order chi connectivity index (χ0) is 16.1. The molecule has 114 valence electrons. The Morgan fingerprint density at radius 2 is 1.78 bits per heavy atom. The van der Waals surface area contributed by atoms with Crippen LogP contribution in [0.4, 0.5) is 11.4 Å². The number of amides is 1. The number of rotatable bonds is 4. The third-order valence-corrected chi connectivity index (χ3v) is 3.32. The van der Waals surface area contributed by atoms with Gasteiger partial charge in [0, 0.05) is 42.5 Å². The fraction of sp³-hybridized carbons (Fsp3) is 0.0526. The average Bonchev–Trinajstić information content (AvgIpc) is 3.04. The van der Waals surface area contributed by atoms with Crippen molar-refractivity contribution in [2.24, 2.45) is 4.99 Å². The number of hydrogen-bond donors (Lipinski definition) is 1. The highest BCUT2D eigenvalue weighted by Gasteiger charge is 1.98. The van der Waals surface area contributed by atoms with Gasteiger partial charge in [0.1, 0.15) is 0 Å². The van der Waals surface area contributed by atoms with Crippen LogP contribution < -0.4 is 5.32 Å². The van der Waals surface area contributed by atoms with Crippen LogP contribution in [0.2, 0.25) is 0 Å². The molecule has 0 saturated carbocycles. The molecule has 3 rings (SSSR count). The fourth-order valence-electron chi connectivity index (χ4n) is 2.23. The Balaban J connectivity index is 1.71. The second-order valence-electron chi connectivity index (χ2n) is 5.17. The summed E-state index contributed by atoms with van der Waals surface area (Å²) in [4.78, 5) is 15.4. The molecule has 0 spiro atoms. The molecule has 3 aromatic rings. The van der Waals surface area contributed by atoms with Gasteiger partial charge in [0.15, 0.2) is 0 Å². The van der Waals surface area contributed by atoms with Crippen molar-refractivity contribution in [2.45, 2.75) is 6.92 Å². The molecule has 0 aliphatic carbocycles. The van der Waals surface area contributed by atoms with Crippen molar-refractivity contribution in [3.05, 3.63) is 78.6 Å². The molecule has 4 heteroatoms. The van der Waals surface area contributed by atoms with E-state index in [0.29, 0.717) is 0 Å². The van der Waals surface area contributed by atoms with Crippen LogP contribution in [-0.2, 0) is 4.79 Å². The first-order valence-corrected chi connectivity index (χ1v) is 7.36. The molecule has 1 heterocycles. The molecule has 0 radical (unpaired) electrons. The average molecular weight is 303 g/mol. The minimum Gasteiger partial charge on any atom is -0.326 e. The minimum atomic E-state index is -0.0801.